The molecule has 2 aromatic rings. The van der Waals surface area contributed by atoms with Crippen molar-refractivity contribution in [2.45, 2.75) is 0 Å². The molecule has 3 N–H and O–H groups in total. The van der Waals surface area contributed by atoms with Gasteiger partial charge in [0.25, 0.3) is 5.91 Å². The maximum atomic E-state index is 11.7. The van der Waals surface area contributed by atoms with Crippen molar-refractivity contribution >= 4 is 46.5 Å². The molecule has 120 valence electrons. The fraction of sp³-hybridized carbons (Fsp3) is 0.133. The van der Waals surface area contributed by atoms with E-state index in [4.69, 9.17) is 0 Å². The van der Waals surface area contributed by atoms with E-state index in [1.54, 1.807) is 29.6 Å². The van der Waals surface area contributed by atoms with Crippen molar-refractivity contribution in [2.24, 2.45) is 0 Å². The van der Waals surface area contributed by atoms with E-state index in [0.29, 0.717) is 10.6 Å². The van der Waals surface area contributed by atoms with E-state index in [1.807, 2.05) is 18.2 Å². The first-order valence-corrected chi connectivity index (χ1v) is 8.74. The van der Waals surface area contributed by atoms with Gasteiger partial charge in [0.05, 0.1) is 16.4 Å². The highest BCUT2D eigenvalue weighted by Crippen LogP contribution is 2.08. The first-order valence-electron chi connectivity index (χ1n) is 6.70. The zero-order valence-corrected chi connectivity index (χ0v) is 13.7. The van der Waals surface area contributed by atoms with Crippen LogP contribution < -0.4 is 16.2 Å². The molecule has 0 aliphatic rings. The minimum Gasteiger partial charge on any atom is -0.325 e. The van der Waals surface area contributed by atoms with Crippen LogP contribution in [0, 0.1) is 0 Å². The van der Waals surface area contributed by atoms with Crippen LogP contribution in [0.5, 0.6) is 0 Å². The normalized spacial score (nSPS) is 9.91. The number of hydrazine groups is 1. The van der Waals surface area contributed by atoms with Crippen molar-refractivity contribution < 1.29 is 14.4 Å². The van der Waals surface area contributed by atoms with Crippen molar-refractivity contribution in [1.29, 1.82) is 0 Å². The van der Waals surface area contributed by atoms with Gasteiger partial charge in [-0.2, -0.15) is 0 Å². The van der Waals surface area contributed by atoms with Crippen LogP contribution in [-0.2, 0) is 9.59 Å². The highest BCUT2D eigenvalue weighted by atomic mass is 32.2. The summed E-state index contributed by atoms with van der Waals surface area (Å²) in [5.41, 5.74) is 5.34. The summed E-state index contributed by atoms with van der Waals surface area (Å²) in [6, 6.07) is 12.5. The molecule has 23 heavy (non-hydrogen) atoms. The number of para-hydroxylation sites is 1. The highest BCUT2D eigenvalue weighted by molar-refractivity contribution is 8.00. The molecule has 0 saturated heterocycles. The van der Waals surface area contributed by atoms with E-state index >= 15 is 0 Å². The molecule has 0 aliphatic carbocycles. The molecule has 2 rings (SSSR count). The molecule has 0 radical (unpaired) electrons. The molecule has 1 aromatic carbocycles. The van der Waals surface area contributed by atoms with Crippen LogP contribution in [0.25, 0.3) is 0 Å². The van der Waals surface area contributed by atoms with Crippen LogP contribution in [0.1, 0.15) is 9.67 Å². The fourth-order valence-corrected chi connectivity index (χ4v) is 2.82. The molecule has 0 fully saturated rings. The van der Waals surface area contributed by atoms with Crippen molar-refractivity contribution in [3.63, 3.8) is 0 Å². The highest BCUT2D eigenvalue weighted by Gasteiger charge is 2.09. The predicted molar refractivity (Wildman–Crippen MR) is 92.3 cm³/mol. The molecule has 0 bridgehead atoms. The maximum absolute atomic E-state index is 11.7. The first kappa shape index (κ1) is 17.0. The summed E-state index contributed by atoms with van der Waals surface area (Å²) in [6.07, 6.45) is 0. The Balaban J connectivity index is 1.61. The summed E-state index contributed by atoms with van der Waals surface area (Å²) in [5, 5.41) is 4.50. The zero-order valence-electron chi connectivity index (χ0n) is 12.1. The molecule has 8 heteroatoms. The van der Waals surface area contributed by atoms with Gasteiger partial charge in [0.2, 0.25) is 11.8 Å². The average Bonchev–Trinajstić information content (AvgIpc) is 3.08. The molecule has 6 nitrogen and oxygen atoms in total. The van der Waals surface area contributed by atoms with Crippen molar-refractivity contribution in [1.82, 2.24) is 10.9 Å². The molecule has 0 unspecified atom stereocenters. The van der Waals surface area contributed by atoms with Gasteiger partial charge in [0.15, 0.2) is 0 Å². The maximum Gasteiger partial charge on any atom is 0.279 e. The van der Waals surface area contributed by atoms with E-state index in [2.05, 4.69) is 16.2 Å². The van der Waals surface area contributed by atoms with Gasteiger partial charge >= 0.3 is 0 Å². The molecule has 3 amide bonds. The van der Waals surface area contributed by atoms with Crippen LogP contribution in [0.3, 0.4) is 0 Å². The Morgan fingerprint density at radius 2 is 1.65 bits per heavy atom. The minimum absolute atomic E-state index is 0.0763. The summed E-state index contributed by atoms with van der Waals surface area (Å²) in [5.74, 6) is -0.682. The molecule has 0 saturated carbocycles. The Kier molecular flexibility index (Phi) is 6.64. The Morgan fingerprint density at radius 3 is 2.35 bits per heavy atom. The Labute approximate surface area is 141 Å². The first-order chi connectivity index (χ1) is 11.1. The van der Waals surface area contributed by atoms with Gasteiger partial charge in [-0.25, -0.2) is 0 Å². The van der Waals surface area contributed by atoms with E-state index in [0.717, 1.165) is 0 Å². The average molecular weight is 349 g/mol. The lowest BCUT2D eigenvalue weighted by molar-refractivity contribution is -0.119. The van der Waals surface area contributed by atoms with Crippen LogP contribution >= 0.6 is 23.1 Å². The lowest BCUT2D eigenvalue weighted by Crippen LogP contribution is -2.42. The lowest BCUT2D eigenvalue weighted by atomic mass is 10.3. The van der Waals surface area contributed by atoms with Gasteiger partial charge in [-0.15, -0.1) is 23.1 Å². The summed E-state index contributed by atoms with van der Waals surface area (Å²) in [4.78, 5) is 35.4. The molecule has 0 spiro atoms. The molecule has 1 aromatic heterocycles. The summed E-state index contributed by atoms with van der Waals surface area (Å²) >= 11 is 2.45. The number of anilines is 1. The van der Waals surface area contributed by atoms with Gasteiger partial charge in [0.1, 0.15) is 0 Å². The second-order valence-electron chi connectivity index (χ2n) is 4.39. The molecular weight excluding hydrogens is 334 g/mol. The number of carbonyl (C=O) groups excluding carboxylic acids is 3. The summed E-state index contributed by atoms with van der Waals surface area (Å²) in [6.45, 7) is 0. The fourth-order valence-electron chi connectivity index (χ4n) is 1.59. The minimum atomic E-state index is -0.368. The van der Waals surface area contributed by atoms with E-state index in [-0.39, 0.29) is 29.2 Å². The molecular formula is C15H15N3O3S2. The van der Waals surface area contributed by atoms with E-state index in [9.17, 15) is 14.4 Å². The van der Waals surface area contributed by atoms with Crippen molar-refractivity contribution in [3.8, 4) is 0 Å². The Bertz CT molecular complexity index is 660. The predicted octanol–water partition coefficient (Wildman–Crippen LogP) is 1.88. The number of amides is 3. The largest absolute Gasteiger partial charge is 0.325 e. The molecule has 0 aliphatic heterocycles. The van der Waals surface area contributed by atoms with Crippen molar-refractivity contribution in [3.05, 3.63) is 52.7 Å². The van der Waals surface area contributed by atoms with Gasteiger partial charge < -0.3 is 5.32 Å². The standard InChI is InChI=1S/C15H15N3O3S2/c19-13(16-11-5-2-1-3-6-11)9-22-10-14(20)17-18-15(21)12-7-4-8-23-12/h1-8H,9-10H2,(H,16,19)(H,17,20)(H,18,21). The monoisotopic (exact) mass is 349 g/mol. The van der Waals surface area contributed by atoms with Crippen molar-refractivity contribution in [2.75, 3.05) is 16.8 Å². The third-order valence-corrected chi connectivity index (χ3v) is 4.39. The number of thioether (sulfide) groups is 1. The Hall–Kier alpha value is -2.32. The van der Waals surface area contributed by atoms with Gasteiger partial charge in [-0.1, -0.05) is 24.3 Å². The van der Waals surface area contributed by atoms with Gasteiger partial charge in [-0.3, -0.25) is 25.2 Å². The second-order valence-corrected chi connectivity index (χ2v) is 6.32. The van der Waals surface area contributed by atoms with Crippen LogP contribution in [0.4, 0.5) is 5.69 Å². The summed E-state index contributed by atoms with van der Waals surface area (Å²) in [7, 11) is 0. The van der Waals surface area contributed by atoms with Crippen LogP contribution in [-0.4, -0.2) is 29.2 Å². The quantitative estimate of drug-likeness (QED) is 0.695. The van der Waals surface area contributed by atoms with Gasteiger partial charge in [-0.05, 0) is 23.6 Å². The molecule has 1 heterocycles. The van der Waals surface area contributed by atoms with E-state index < -0.39 is 0 Å². The number of carbonyl (C=O) groups is 3. The SMILES string of the molecule is O=C(CSCC(=O)Nc1ccccc1)NNC(=O)c1cccs1. The van der Waals surface area contributed by atoms with Crippen LogP contribution in [0.15, 0.2) is 47.8 Å². The van der Waals surface area contributed by atoms with Gasteiger partial charge in [0, 0.05) is 5.69 Å². The number of hydrogen-bond donors (Lipinski definition) is 3. The molecule has 0 atom stereocenters. The Morgan fingerprint density at radius 1 is 0.913 bits per heavy atom. The number of hydrogen-bond acceptors (Lipinski definition) is 5. The number of rotatable bonds is 6. The van der Waals surface area contributed by atoms with E-state index in [1.165, 1.54) is 23.1 Å². The zero-order chi connectivity index (χ0) is 16.5. The third-order valence-electron chi connectivity index (χ3n) is 2.58. The second kappa shape index (κ2) is 8.96. The number of nitrogens with one attached hydrogen (secondary N) is 3. The topological polar surface area (TPSA) is 87.3 Å². The smallest absolute Gasteiger partial charge is 0.279 e. The summed E-state index contributed by atoms with van der Waals surface area (Å²) < 4.78 is 0. The number of thiophene rings is 1. The van der Waals surface area contributed by atoms with Crippen LogP contribution in [0.2, 0.25) is 0 Å². The number of benzene rings is 1. The lowest BCUT2D eigenvalue weighted by Gasteiger charge is -2.07. The third kappa shape index (κ3) is 6.13.